The third-order valence-electron chi connectivity index (χ3n) is 4.56. The highest BCUT2D eigenvalue weighted by Gasteiger charge is 2.33. The minimum absolute atomic E-state index is 0.664. The van der Waals surface area contributed by atoms with Gasteiger partial charge in [0.05, 0.1) is 0 Å². The van der Waals surface area contributed by atoms with Gasteiger partial charge >= 0.3 is 0 Å². The fraction of sp³-hybridized carbons (Fsp3) is 1.00. The van der Waals surface area contributed by atoms with Gasteiger partial charge < -0.3 is 10.6 Å². The zero-order valence-electron chi connectivity index (χ0n) is 11.0. The van der Waals surface area contributed by atoms with Crippen LogP contribution >= 0.6 is 0 Å². The Morgan fingerprint density at radius 2 is 2.00 bits per heavy atom. The topological polar surface area (TPSA) is 29.3 Å². The molecule has 0 spiro atoms. The van der Waals surface area contributed by atoms with Gasteiger partial charge in [-0.15, -0.1) is 0 Å². The van der Waals surface area contributed by atoms with Crippen LogP contribution < -0.4 is 5.73 Å². The molecule has 0 aromatic carbocycles. The lowest BCUT2D eigenvalue weighted by Gasteiger charge is -2.34. The Balaban J connectivity index is 1.78. The maximum absolute atomic E-state index is 5.91. The van der Waals surface area contributed by atoms with Crippen molar-refractivity contribution in [2.45, 2.75) is 51.5 Å². The molecule has 2 N–H and O–H groups in total. The molecule has 2 heteroatoms. The fourth-order valence-electron chi connectivity index (χ4n) is 3.48. The number of rotatable bonds is 5. The maximum atomic E-state index is 5.91. The molecule has 2 fully saturated rings. The summed E-state index contributed by atoms with van der Waals surface area (Å²) in [6.45, 7) is 4.54. The molecule has 2 rings (SSSR count). The van der Waals surface area contributed by atoms with Crippen LogP contribution in [0, 0.1) is 17.8 Å². The van der Waals surface area contributed by atoms with E-state index in [1.54, 1.807) is 0 Å². The van der Waals surface area contributed by atoms with Crippen molar-refractivity contribution in [1.82, 2.24) is 4.90 Å². The first-order valence-electron chi connectivity index (χ1n) is 7.11. The van der Waals surface area contributed by atoms with E-state index in [9.17, 15) is 0 Å². The summed E-state index contributed by atoms with van der Waals surface area (Å²) in [6.07, 6.45) is 8.59. The standard InChI is InChI=1S/C14H28N2/c1-11-4-3-5-12(8-11)10-16(2)14(9-15)13-6-7-13/h11-14H,3-10,15H2,1-2H3. The van der Waals surface area contributed by atoms with Gasteiger partial charge in [-0.25, -0.2) is 0 Å². The molecule has 3 atom stereocenters. The van der Waals surface area contributed by atoms with E-state index in [1.807, 2.05) is 0 Å². The van der Waals surface area contributed by atoms with E-state index in [1.165, 1.54) is 45.1 Å². The molecule has 0 saturated heterocycles. The molecule has 3 unspecified atom stereocenters. The second-order valence-electron chi connectivity index (χ2n) is 6.22. The van der Waals surface area contributed by atoms with Crippen LogP contribution in [-0.4, -0.2) is 31.1 Å². The normalized spacial score (nSPS) is 33.0. The molecular formula is C14H28N2. The second kappa shape index (κ2) is 5.50. The lowest BCUT2D eigenvalue weighted by Crippen LogP contribution is -2.42. The van der Waals surface area contributed by atoms with Crippen molar-refractivity contribution in [2.24, 2.45) is 23.5 Å². The second-order valence-corrected chi connectivity index (χ2v) is 6.22. The van der Waals surface area contributed by atoms with Crippen LogP contribution in [0.1, 0.15) is 45.4 Å². The summed E-state index contributed by atoms with van der Waals surface area (Å²) in [5.41, 5.74) is 5.91. The highest BCUT2D eigenvalue weighted by Crippen LogP contribution is 2.36. The van der Waals surface area contributed by atoms with E-state index in [2.05, 4.69) is 18.9 Å². The molecule has 16 heavy (non-hydrogen) atoms. The number of nitrogens with zero attached hydrogens (tertiary/aromatic N) is 1. The first kappa shape index (κ1) is 12.4. The molecule has 0 radical (unpaired) electrons. The van der Waals surface area contributed by atoms with Gasteiger partial charge in [-0.3, -0.25) is 0 Å². The Labute approximate surface area is 101 Å². The first-order valence-corrected chi connectivity index (χ1v) is 7.11. The summed E-state index contributed by atoms with van der Waals surface area (Å²) >= 11 is 0. The van der Waals surface area contributed by atoms with Crippen LogP contribution in [0.3, 0.4) is 0 Å². The minimum Gasteiger partial charge on any atom is -0.329 e. The van der Waals surface area contributed by atoms with E-state index in [0.717, 1.165) is 24.3 Å². The predicted molar refractivity (Wildman–Crippen MR) is 69.3 cm³/mol. The Kier molecular flexibility index (Phi) is 4.26. The number of hydrogen-bond donors (Lipinski definition) is 1. The molecule has 0 aliphatic heterocycles. The monoisotopic (exact) mass is 224 g/mol. The molecule has 0 bridgehead atoms. The minimum atomic E-state index is 0.664. The van der Waals surface area contributed by atoms with Crippen LogP contribution in [0.4, 0.5) is 0 Å². The molecule has 2 aliphatic carbocycles. The van der Waals surface area contributed by atoms with Crippen molar-refractivity contribution >= 4 is 0 Å². The summed E-state index contributed by atoms with van der Waals surface area (Å²) < 4.78 is 0. The summed E-state index contributed by atoms with van der Waals surface area (Å²) in [5, 5.41) is 0. The van der Waals surface area contributed by atoms with Crippen molar-refractivity contribution in [2.75, 3.05) is 20.1 Å². The Hall–Kier alpha value is -0.0800. The number of nitrogens with two attached hydrogens (primary N) is 1. The summed E-state index contributed by atoms with van der Waals surface area (Å²) in [5.74, 6) is 2.79. The van der Waals surface area contributed by atoms with Crippen molar-refractivity contribution in [3.05, 3.63) is 0 Å². The summed E-state index contributed by atoms with van der Waals surface area (Å²) in [7, 11) is 2.29. The van der Waals surface area contributed by atoms with Gasteiger partial charge in [0.15, 0.2) is 0 Å². The van der Waals surface area contributed by atoms with Gasteiger partial charge in [0.25, 0.3) is 0 Å². The maximum Gasteiger partial charge on any atom is 0.0243 e. The quantitative estimate of drug-likeness (QED) is 0.777. The van der Waals surface area contributed by atoms with E-state index in [0.29, 0.717) is 6.04 Å². The van der Waals surface area contributed by atoms with Crippen molar-refractivity contribution in [3.63, 3.8) is 0 Å². The summed E-state index contributed by atoms with van der Waals surface area (Å²) in [6, 6.07) is 0.664. The van der Waals surface area contributed by atoms with Gasteiger partial charge in [0.2, 0.25) is 0 Å². The number of likely N-dealkylation sites (N-methyl/N-ethyl adjacent to an activating group) is 1. The van der Waals surface area contributed by atoms with Crippen molar-refractivity contribution in [1.29, 1.82) is 0 Å². The van der Waals surface area contributed by atoms with Gasteiger partial charge in [-0.05, 0) is 50.5 Å². The lowest BCUT2D eigenvalue weighted by molar-refractivity contribution is 0.155. The molecule has 2 nitrogen and oxygen atoms in total. The van der Waals surface area contributed by atoms with Crippen LogP contribution in [-0.2, 0) is 0 Å². The largest absolute Gasteiger partial charge is 0.329 e. The van der Waals surface area contributed by atoms with Crippen LogP contribution in [0.2, 0.25) is 0 Å². The van der Waals surface area contributed by atoms with Crippen LogP contribution in [0.15, 0.2) is 0 Å². The average Bonchev–Trinajstić information content (AvgIpc) is 3.03. The molecule has 94 valence electrons. The van der Waals surface area contributed by atoms with E-state index >= 15 is 0 Å². The molecule has 2 aliphatic rings. The molecule has 0 amide bonds. The zero-order chi connectivity index (χ0) is 11.5. The van der Waals surface area contributed by atoms with E-state index in [4.69, 9.17) is 5.73 Å². The predicted octanol–water partition coefficient (Wildman–Crippen LogP) is 2.48. The lowest BCUT2D eigenvalue weighted by atomic mass is 9.82. The first-order chi connectivity index (χ1) is 7.70. The van der Waals surface area contributed by atoms with Gasteiger partial charge in [0.1, 0.15) is 0 Å². The Morgan fingerprint density at radius 1 is 1.25 bits per heavy atom. The third kappa shape index (κ3) is 3.21. The Bertz CT molecular complexity index is 213. The van der Waals surface area contributed by atoms with Crippen molar-refractivity contribution < 1.29 is 0 Å². The highest BCUT2D eigenvalue weighted by atomic mass is 15.1. The fourth-order valence-corrected chi connectivity index (χ4v) is 3.48. The van der Waals surface area contributed by atoms with Gasteiger partial charge in [-0.1, -0.05) is 19.8 Å². The molecule has 0 aromatic heterocycles. The highest BCUT2D eigenvalue weighted by molar-refractivity contribution is 4.88. The molecule has 0 aromatic rings. The zero-order valence-corrected chi connectivity index (χ0v) is 11.0. The van der Waals surface area contributed by atoms with Crippen molar-refractivity contribution in [3.8, 4) is 0 Å². The number of hydrogen-bond acceptors (Lipinski definition) is 2. The smallest absolute Gasteiger partial charge is 0.0243 e. The van der Waals surface area contributed by atoms with Gasteiger partial charge in [-0.2, -0.15) is 0 Å². The van der Waals surface area contributed by atoms with E-state index < -0.39 is 0 Å². The average molecular weight is 224 g/mol. The molecule has 0 heterocycles. The van der Waals surface area contributed by atoms with E-state index in [-0.39, 0.29) is 0 Å². The molecule has 2 saturated carbocycles. The molecular weight excluding hydrogens is 196 g/mol. The Morgan fingerprint density at radius 3 is 2.56 bits per heavy atom. The third-order valence-corrected chi connectivity index (χ3v) is 4.56. The summed E-state index contributed by atoms with van der Waals surface area (Å²) in [4.78, 5) is 2.56. The van der Waals surface area contributed by atoms with Gasteiger partial charge in [0, 0.05) is 19.1 Å². The van der Waals surface area contributed by atoms with Crippen LogP contribution in [0.25, 0.3) is 0 Å². The van der Waals surface area contributed by atoms with Crippen LogP contribution in [0.5, 0.6) is 0 Å². The SMILES string of the molecule is CC1CCCC(CN(C)C(CN)C2CC2)C1.